The zero-order valence-electron chi connectivity index (χ0n) is 11.4. The van der Waals surface area contributed by atoms with Crippen molar-refractivity contribution in [1.82, 2.24) is 0 Å². The minimum Gasteiger partial charge on any atom is -0.268 e. The van der Waals surface area contributed by atoms with Gasteiger partial charge >= 0.3 is 0 Å². The van der Waals surface area contributed by atoms with Crippen LogP contribution in [0.15, 0.2) is 40.9 Å². The molecule has 110 valence electrons. The number of nitro groups is 1. The van der Waals surface area contributed by atoms with Gasteiger partial charge in [-0.25, -0.2) is 4.90 Å². The number of rotatable bonds is 2. The first-order chi connectivity index (χ1) is 10.4. The Kier molecular flexibility index (Phi) is 3.29. The SMILES string of the molecule is Cc1cc(Br)c([N+](=O)[O-])cc1N1C(=O)c2ccccc2C1=O. The molecule has 0 saturated carbocycles. The van der Waals surface area contributed by atoms with Gasteiger partial charge in [0, 0.05) is 6.07 Å². The molecule has 0 spiro atoms. The fourth-order valence-electron chi connectivity index (χ4n) is 2.44. The van der Waals surface area contributed by atoms with Crippen LogP contribution in [-0.4, -0.2) is 16.7 Å². The highest BCUT2D eigenvalue weighted by molar-refractivity contribution is 9.10. The maximum absolute atomic E-state index is 12.4. The van der Waals surface area contributed by atoms with Crippen molar-refractivity contribution in [2.24, 2.45) is 0 Å². The van der Waals surface area contributed by atoms with Crippen LogP contribution < -0.4 is 4.90 Å². The second kappa shape index (κ2) is 5.03. The van der Waals surface area contributed by atoms with Crippen LogP contribution in [0.3, 0.4) is 0 Å². The summed E-state index contributed by atoms with van der Waals surface area (Å²) >= 11 is 3.12. The van der Waals surface area contributed by atoms with E-state index in [1.165, 1.54) is 12.1 Å². The molecule has 0 saturated heterocycles. The highest BCUT2D eigenvalue weighted by Crippen LogP contribution is 2.36. The Balaban J connectivity index is 2.18. The van der Waals surface area contributed by atoms with Gasteiger partial charge in [0.1, 0.15) is 0 Å². The van der Waals surface area contributed by atoms with Gasteiger partial charge < -0.3 is 0 Å². The summed E-state index contributed by atoms with van der Waals surface area (Å²) in [5.41, 5.74) is 1.22. The van der Waals surface area contributed by atoms with Crippen molar-refractivity contribution in [3.8, 4) is 0 Å². The number of amides is 2. The van der Waals surface area contributed by atoms with Gasteiger partial charge in [-0.15, -0.1) is 0 Å². The number of aryl methyl sites for hydroxylation is 1. The molecule has 2 aromatic rings. The van der Waals surface area contributed by atoms with Crippen molar-refractivity contribution < 1.29 is 14.5 Å². The zero-order valence-corrected chi connectivity index (χ0v) is 13.0. The molecule has 2 amide bonds. The van der Waals surface area contributed by atoms with E-state index in [9.17, 15) is 19.7 Å². The molecule has 0 N–H and O–H groups in total. The molecule has 0 bridgehead atoms. The molecule has 6 nitrogen and oxygen atoms in total. The average molecular weight is 361 g/mol. The number of carbonyl (C=O) groups excluding carboxylic acids is 2. The number of hydrogen-bond donors (Lipinski definition) is 0. The van der Waals surface area contributed by atoms with E-state index in [0.717, 1.165) is 4.90 Å². The van der Waals surface area contributed by atoms with E-state index in [-0.39, 0.29) is 11.4 Å². The average Bonchev–Trinajstić information content (AvgIpc) is 2.72. The van der Waals surface area contributed by atoms with Gasteiger partial charge in [-0.1, -0.05) is 12.1 Å². The molecular formula is C15H9BrN2O4. The number of benzene rings is 2. The summed E-state index contributed by atoms with van der Waals surface area (Å²) in [4.78, 5) is 36.4. The number of fused-ring (bicyclic) bond motifs is 1. The second-order valence-electron chi connectivity index (χ2n) is 4.84. The van der Waals surface area contributed by atoms with Crippen LogP contribution in [0.25, 0.3) is 0 Å². The van der Waals surface area contributed by atoms with E-state index < -0.39 is 16.7 Å². The molecule has 2 aromatic carbocycles. The third-order valence-electron chi connectivity index (χ3n) is 3.50. The fraction of sp³-hybridized carbons (Fsp3) is 0.0667. The Morgan fingerprint density at radius 1 is 1.09 bits per heavy atom. The van der Waals surface area contributed by atoms with Crippen LogP contribution in [0.1, 0.15) is 26.3 Å². The first kappa shape index (κ1) is 14.4. The van der Waals surface area contributed by atoms with E-state index >= 15 is 0 Å². The summed E-state index contributed by atoms with van der Waals surface area (Å²) < 4.78 is 0.301. The van der Waals surface area contributed by atoms with Crippen molar-refractivity contribution in [2.75, 3.05) is 4.90 Å². The maximum atomic E-state index is 12.4. The van der Waals surface area contributed by atoms with E-state index in [1.54, 1.807) is 31.2 Å². The number of nitrogens with zero attached hydrogens (tertiary/aromatic N) is 2. The van der Waals surface area contributed by atoms with E-state index in [2.05, 4.69) is 15.9 Å². The quantitative estimate of drug-likeness (QED) is 0.466. The highest BCUT2D eigenvalue weighted by atomic mass is 79.9. The Morgan fingerprint density at radius 2 is 1.64 bits per heavy atom. The Hall–Kier alpha value is -2.54. The number of carbonyl (C=O) groups is 2. The van der Waals surface area contributed by atoms with Crippen molar-refractivity contribution in [1.29, 1.82) is 0 Å². The molecule has 1 heterocycles. The second-order valence-corrected chi connectivity index (χ2v) is 5.69. The molecular weight excluding hydrogens is 352 g/mol. The molecule has 1 aliphatic rings. The van der Waals surface area contributed by atoms with Gasteiger partial charge in [0.05, 0.1) is 26.2 Å². The minimum absolute atomic E-state index is 0.197. The third-order valence-corrected chi connectivity index (χ3v) is 4.13. The molecule has 0 aliphatic carbocycles. The summed E-state index contributed by atoms with van der Waals surface area (Å²) in [5, 5.41) is 11.1. The van der Waals surface area contributed by atoms with E-state index in [4.69, 9.17) is 0 Å². The molecule has 7 heteroatoms. The first-order valence-corrected chi connectivity index (χ1v) is 7.13. The van der Waals surface area contributed by atoms with Crippen molar-refractivity contribution >= 4 is 39.1 Å². The lowest BCUT2D eigenvalue weighted by Crippen LogP contribution is -2.30. The molecule has 0 atom stereocenters. The number of hydrogen-bond acceptors (Lipinski definition) is 4. The van der Waals surface area contributed by atoms with E-state index in [1.807, 2.05) is 0 Å². The fourth-order valence-corrected chi connectivity index (χ4v) is 3.04. The standard InChI is InChI=1S/C15H9BrN2O4/c1-8-6-11(16)13(18(21)22)7-12(8)17-14(19)9-4-2-3-5-10(9)15(17)20/h2-7H,1H3. The van der Waals surface area contributed by atoms with Crippen LogP contribution in [-0.2, 0) is 0 Å². The molecule has 0 aromatic heterocycles. The Bertz CT molecular complexity index is 812. The van der Waals surface area contributed by atoms with Crippen LogP contribution in [0.2, 0.25) is 0 Å². The first-order valence-electron chi connectivity index (χ1n) is 6.34. The predicted octanol–water partition coefficient (Wildman–Crippen LogP) is 3.47. The Morgan fingerprint density at radius 3 is 2.14 bits per heavy atom. The summed E-state index contributed by atoms with van der Waals surface area (Å²) in [6.45, 7) is 1.69. The van der Waals surface area contributed by atoms with Crippen LogP contribution in [0.4, 0.5) is 11.4 Å². The lowest BCUT2D eigenvalue weighted by atomic mass is 10.1. The molecule has 22 heavy (non-hydrogen) atoms. The van der Waals surface area contributed by atoms with Gasteiger partial charge in [-0.2, -0.15) is 0 Å². The van der Waals surface area contributed by atoms with Crippen molar-refractivity contribution in [2.45, 2.75) is 6.92 Å². The van der Waals surface area contributed by atoms with Gasteiger partial charge in [-0.3, -0.25) is 19.7 Å². The van der Waals surface area contributed by atoms with Crippen LogP contribution in [0.5, 0.6) is 0 Å². The molecule has 3 rings (SSSR count). The topological polar surface area (TPSA) is 80.5 Å². The van der Waals surface area contributed by atoms with Crippen LogP contribution >= 0.6 is 15.9 Å². The maximum Gasteiger partial charge on any atom is 0.285 e. The van der Waals surface area contributed by atoms with Gasteiger partial charge in [0.15, 0.2) is 0 Å². The number of halogens is 1. The molecule has 1 aliphatic heterocycles. The van der Waals surface area contributed by atoms with Crippen LogP contribution in [0, 0.1) is 17.0 Å². The van der Waals surface area contributed by atoms with Gasteiger partial charge in [0.25, 0.3) is 17.5 Å². The van der Waals surface area contributed by atoms with Crippen molar-refractivity contribution in [3.05, 3.63) is 67.7 Å². The largest absolute Gasteiger partial charge is 0.285 e. The highest BCUT2D eigenvalue weighted by Gasteiger charge is 2.37. The van der Waals surface area contributed by atoms with Gasteiger partial charge in [0.2, 0.25) is 0 Å². The van der Waals surface area contributed by atoms with E-state index in [0.29, 0.717) is 21.2 Å². The monoisotopic (exact) mass is 360 g/mol. The lowest BCUT2D eigenvalue weighted by molar-refractivity contribution is -0.385. The van der Waals surface area contributed by atoms with Crippen molar-refractivity contribution in [3.63, 3.8) is 0 Å². The number of imide groups is 1. The predicted molar refractivity (Wildman–Crippen MR) is 83.1 cm³/mol. The normalized spacial score (nSPS) is 13.5. The molecule has 0 unspecified atom stereocenters. The Labute approximate surface area is 133 Å². The summed E-state index contributed by atoms with van der Waals surface area (Å²) in [6.07, 6.45) is 0. The molecule has 0 radical (unpaired) electrons. The minimum atomic E-state index is -0.564. The zero-order chi connectivity index (χ0) is 16.0. The number of nitro benzene ring substituents is 1. The smallest absolute Gasteiger partial charge is 0.268 e. The van der Waals surface area contributed by atoms with Gasteiger partial charge in [-0.05, 0) is 46.6 Å². The molecule has 0 fully saturated rings. The lowest BCUT2D eigenvalue weighted by Gasteiger charge is -2.16. The summed E-state index contributed by atoms with van der Waals surface area (Å²) in [7, 11) is 0. The summed E-state index contributed by atoms with van der Waals surface area (Å²) in [6, 6.07) is 9.24. The third kappa shape index (κ3) is 2.01. The number of anilines is 1. The summed E-state index contributed by atoms with van der Waals surface area (Å²) in [5.74, 6) is -0.944.